The summed E-state index contributed by atoms with van der Waals surface area (Å²) in [6, 6.07) is 18.8. The Morgan fingerprint density at radius 2 is 1.78 bits per heavy atom. The Morgan fingerprint density at radius 1 is 1.00 bits per heavy atom. The summed E-state index contributed by atoms with van der Waals surface area (Å²) in [7, 11) is 0. The van der Waals surface area contributed by atoms with Crippen LogP contribution < -0.4 is 10.6 Å². The van der Waals surface area contributed by atoms with Crippen molar-refractivity contribution in [2.75, 3.05) is 36.9 Å². The normalized spacial score (nSPS) is 14.2. The first kappa shape index (κ1) is 21.7. The number of carbonyl (C=O) groups is 2. The topological polar surface area (TPSA) is 88.5 Å². The fourth-order valence-electron chi connectivity index (χ4n) is 3.54. The van der Waals surface area contributed by atoms with Gasteiger partial charge in [-0.25, -0.2) is 4.68 Å². The van der Waals surface area contributed by atoms with Gasteiger partial charge in [0.05, 0.1) is 18.9 Å². The van der Waals surface area contributed by atoms with Gasteiger partial charge in [0.15, 0.2) is 5.69 Å². The number of morpholine rings is 1. The number of benzene rings is 2. The van der Waals surface area contributed by atoms with E-state index in [-0.39, 0.29) is 17.5 Å². The number of anilines is 2. The fourth-order valence-corrected chi connectivity index (χ4v) is 3.54. The summed E-state index contributed by atoms with van der Waals surface area (Å²) in [5.41, 5.74) is 2.80. The smallest absolute Gasteiger partial charge is 0.276 e. The second-order valence-corrected chi connectivity index (χ2v) is 7.61. The molecule has 1 aliphatic heterocycles. The molecular formula is C24H27N5O3. The van der Waals surface area contributed by atoms with E-state index in [1.165, 1.54) is 0 Å². The lowest BCUT2D eigenvalue weighted by molar-refractivity contribution is -0.115. The molecule has 0 unspecified atom stereocenters. The van der Waals surface area contributed by atoms with Crippen molar-refractivity contribution in [1.82, 2.24) is 14.7 Å². The van der Waals surface area contributed by atoms with Crippen LogP contribution in [0, 0.1) is 0 Å². The molecule has 0 atom stereocenters. The number of carbonyl (C=O) groups excluding carboxylic acids is 2. The Bertz CT molecular complexity index is 1070. The molecular weight excluding hydrogens is 406 g/mol. The Morgan fingerprint density at radius 3 is 2.53 bits per heavy atom. The van der Waals surface area contributed by atoms with E-state index in [2.05, 4.69) is 20.6 Å². The van der Waals surface area contributed by atoms with Crippen LogP contribution in [0.5, 0.6) is 0 Å². The van der Waals surface area contributed by atoms with Gasteiger partial charge in [0.25, 0.3) is 5.91 Å². The molecule has 2 aromatic carbocycles. The lowest BCUT2D eigenvalue weighted by Crippen LogP contribution is -2.35. The second kappa shape index (κ2) is 10.2. The van der Waals surface area contributed by atoms with Crippen LogP contribution in [0.4, 0.5) is 11.5 Å². The van der Waals surface area contributed by atoms with Crippen molar-refractivity contribution in [2.45, 2.75) is 19.9 Å². The molecule has 2 amide bonds. The van der Waals surface area contributed by atoms with Crippen LogP contribution >= 0.6 is 0 Å². The number of rotatable bonds is 7. The summed E-state index contributed by atoms with van der Waals surface area (Å²) in [6.45, 7) is 5.88. The Hall–Kier alpha value is -3.49. The number of nitrogens with zero attached hydrogens (tertiary/aromatic N) is 3. The van der Waals surface area contributed by atoms with Gasteiger partial charge in [-0.15, -0.1) is 0 Å². The molecule has 32 heavy (non-hydrogen) atoms. The molecule has 2 heterocycles. The van der Waals surface area contributed by atoms with Crippen molar-refractivity contribution in [3.63, 3.8) is 0 Å². The van der Waals surface area contributed by atoms with Gasteiger partial charge in [-0.2, -0.15) is 5.10 Å². The number of aromatic nitrogens is 2. The predicted molar refractivity (Wildman–Crippen MR) is 123 cm³/mol. The van der Waals surface area contributed by atoms with Crippen LogP contribution in [-0.4, -0.2) is 52.8 Å². The summed E-state index contributed by atoms with van der Waals surface area (Å²) in [5.74, 6) is -0.0330. The van der Waals surface area contributed by atoms with E-state index in [1.807, 2.05) is 54.6 Å². The molecule has 4 rings (SSSR count). The zero-order valence-corrected chi connectivity index (χ0v) is 18.1. The number of hydrogen-bond donors (Lipinski definition) is 2. The SMILES string of the molecule is CCC(=O)Nc1cc(C(=O)Nc2cccc(CN3CCOCC3)c2)nn1-c1ccccc1. The Labute approximate surface area is 187 Å². The van der Waals surface area contributed by atoms with Crippen LogP contribution in [0.2, 0.25) is 0 Å². The summed E-state index contributed by atoms with van der Waals surface area (Å²) in [5, 5.41) is 10.2. The van der Waals surface area contributed by atoms with E-state index < -0.39 is 0 Å². The zero-order valence-electron chi connectivity index (χ0n) is 18.1. The van der Waals surface area contributed by atoms with Gasteiger partial charge in [0, 0.05) is 37.8 Å². The number of hydrogen-bond acceptors (Lipinski definition) is 5. The van der Waals surface area contributed by atoms with Gasteiger partial charge in [-0.1, -0.05) is 37.3 Å². The average Bonchev–Trinajstić information content (AvgIpc) is 3.24. The van der Waals surface area contributed by atoms with E-state index in [9.17, 15) is 9.59 Å². The number of para-hydroxylation sites is 1. The first-order valence-electron chi connectivity index (χ1n) is 10.8. The van der Waals surface area contributed by atoms with Crippen LogP contribution in [0.1, 0.15) is 29.4 Å². The molecule has 2 N–H and O–H groups in total. The highest BCUT2D eigenvalue weighted by atomic mass is 16.5. The molecule has 1 aromatic heterocycles. The summed E-state index contributed by atoms with van der Waals surface area (Å²) < 4.78 is 6.97. The van der Waals surface area contributed by atoms with E-state index in [0.717, 1.165) is 44.1 Å². The van der Waals surface area contributed by atoms with E-state index in [4.69, 9.17) is 4.74 Å². The molecule has 1 fully saturated rings. The minimum atomic E-state index is -0.338. The molecule has 8 heteroatoms. The second-order valence-electron chi connectivity index (χ2n) is 7.61. The van der Waals surface area contributed by atoms with Crippen molar-refractivity contribution in [3.05, 3.63) is 71.9 Å². The molecule has 1 aliphatic rings. The van der Waals surface area contributed by atoms with E-state index >= 15 is 0 Å². The Kier molecular flexibility index (Phi) is 6.94. The first-order valence-corrected chi connectivity index (χ1v) is 10.8. The van der Waals surface area contributed by atoms with Gasteiger partial charge in [-0.05, 0) is 29.8 Å². The monoisotopic (exact) mass is 433 g/mol. The summed E-state index contributed by atoms with van der Waals surface area (Å²) in [4.78, 5) is 27.2. The highest BCUT2D eigenvalue weighted by molar-refractivity contribution is 6.04. The predicted octanol–water partition coefficient (Wildman–Crippen LogP) is 3.31. The van der Waals surface area contributed by atoms with Crippen LogP contribution in [0.25, 0.3) is 5.69 Å². The maximum Gasteiger partial charge on any atom is 0.276 e. The van der Waals surface area contributed by atoms with Gasteiger partial charge in [-0.3, -0.25) is 14.5 Å². The summed E-state index contributed by atoms with van der Waals surface area (Å²) in [6.07, 6.45) is 0.331. The standard InChI is InChI=1S/C24H27N5O3/c1-2-23(30)26-22-16-21(27-29(22)20-9-4-3-5-10-20)24(31)25-19-8-6-7-18(15-19)17-28-11-13-32-14-12-28/h3-10,15-16H,2,11-14,17H2,1H3,(H,25,31)(H,26,30). The highest BCUT2D eigenvalue weighted by Gasteiger charge is 2.17. The van der Waals surface area contributed by atoms with Crippen molar-refractivity contribution < 1.29 is 14.3 Å². The number of ether oxygens (including phenoxy) is 1. The molecule has 0 spiro atoms. The third kappa shape index (κ3) is 5.40. The minimum absolute atomic E-state index is 0.148. The minimum Gasteiger partial charge on any atom is -0.379 e. The molecule has 0 aliphatic carbocycles. The van der Waals surface area contributed by atoms with E-state index in [1.54, 1.807) is 17.7 Å². The van der Waals surface area contributed by atoms with Crippen molar-refractivity contribution in [3.8, 4) is 5.69 Å². The molecule has 3 aromatic rings. The molecule has 1 saturated heterocycles. The van der Waals surface area contributed by atoms with Crippen molar-refractivity contribution in [2.24, 2.45) is 0 Å². The lowest BCUT2D eigenvalue weighted by Gasteiger charge is -2.26. The molecule has 166 valence electrons. The third-order valence-corrected chi connectivity index (χ3v) is 5.23. The largest absolute Gasteiger partial charge is 0.379 e. The third-order valence-electron chi connectivity index (χ3n) is 5.23. The van der Waals surface area contributed by atoms with Gasteiger partial charge < -0.3 is 15.4 Å². The van der Waals surface area contributed by atoms with Crippen LogP contribution in [-0.2, 0) is 16.1 Å². The number of amides is 2. The number of nitrogens with one attached hydrogen (secondary N) is 2. The zero-order chi connectivity index (χ0) is 22.3. The van der Waals surface area contributed by atoms with Crippen molar-refractivity contribution >= 4 is 23.3 Å². The quantitative estimate of drug-likeness (QED) is 0.597. The molecule has 8 nitrogen and oxygen atoms in total. The van der Waals surface area contributed by atoms with Gasteiger partial charge >= 0.3 is 0 Å². The molecule has 0 bridgehead atoms. The fraction of sp³-hybridized carbons (Fsp3) is 0.292. The van der Waals surface area contributed by atoms with Crippen molar-refractivity contribution in [1.29, 1.82) is 0 Å². The summed E-state index contributed by atoms with van der Waals surface area (Å²) >= 11 is 0. The Balaban J connectivity index is 1.51. The van der Waals surface area contributed by atoms with Gasteiger partial charge in [0.1, 0.15) is 5.82 Å². The van der Waals surface area contributed by atoms with Gasteiger partial charge in [0.2, 0.25) is 5.91 Å². The first-order chi connectivity index (χ1) is 15.6. The molecule has 0 radical (unpaired) electrons. The average molecular weight is 434 g/mol. The molecule has 0 saturated carbocycles. The maximum atomic E-state index is 12.9. The highest BCUT2D eigenvalue weighted by Crippen LogP contribution is 2.20. The maximum absolute atomic E-state index is 12.9. The van der Waals surface area contributed by atoms with Crippen LogP contribution in [0.3, 0.4) is 0 Å². The lowest BCUT2D eigenvalue weighted by atomic mass is 10.1. The van der Waals surface area contributed by atoms with Crippen LogP contribution in [0.15, 0.2) is 60.7 Å². The van der Waals surface area contributed by atoms with E-state index in [0.29, 0.717) is 17.9 Å².